The second-order valence-electron chi connectivity index (χ2n) is 2.34. The van der Waals surface area contributed by atoms with E-state index in [9.17, 15) is 4.79 Å². The largest absolute Gasteiger partial charge is 0.398 e. The molecular formula is C10H16N2O. The molecule has 0 fully saturated rings. The number of primary amides is 1. The molecule has 1 amide bonds. The van der Waals surface area contributed by atoms with Crippen molar-refractivity contribution in [2.24, 2.45) is 5.73 Å². The summed E-state index contributed by atoms with van der Waals surface area (Å²) in [4.78, 5) is 10.5. The zero-order valence-corrected chi connectivity index (χ0v) is 8.08. The molecule has 0 aromatic heterocycles. The molecule has 0 radical (unpaired) electrons. The number of rotatable bonds is 2. The van der Waals surface area contributed by atoms with Crippen molar-refractivity contribution in [2.75, 3.05) is 5.73 Å². The Bertz CT molecular complexity index is 271. The fourth-order valence-corrected chi connectivity index (χ4v) is 0.883. The van der Waals surface area contributed by atoms with E-state index in [4.69, 9.17) is 11.5 Å². The zero-order valence-electron chi connectivity index (χ0n) is 8.08. The van der Waals surface area contributed by atoms with Crippen LogP contribution in [0.25, 0.3) is 0 Å². The zero-order chi connectivity index (χ0) is 10.3. The fourth-order valence-electron chi connectivity index (χ4n) is 0.883. The first-order chi connectivity index (χ1) is 6.20. The summed E-state index contributed by atoms with van der Waals surface area (Å²) in [6.45, 7) is 4.00. The van der Waals surface area contributed by atoms with E-state index >= 15 is 0 Å². The molecule has 0 aliphatic rings. The van der Waals surface area contributed by atoms with Gasteiger partial charge in [0.15, 0.2) is 0 Å². The van der Waals surface area contributed by atoms with Crippen molar-refractivity contribution in [2.45, 2.75) is 20.3 Å². The Morgan fingerprint density at radius 2 is 1.85 bits per heavy atom. The quantitative estimate of drug-likeness (QED) is 0.674. The number of hydrogen-bond donors (Lipinski definition) is 2. The number of carbonyl (C=O) groups excluding carboxylic acids is 1. The van der Waals surface area contributed by atoms with Gasteiger partial charge in [-0.1, -0.05) is 32.0 Å². The van der Waals surface area contributed by atoms with Gasteiger partial charge in [-0.25, -0.2) is 0 Å². The molecule has 0 saturated heterocycles. The molecule has 0 saturated carbocycles. The summed E-state index contributed by atoms with van der Waals surface area (Å²) < 4.78 is 0. The van der Waals surface area contributed by atoms with E-state index in [2.05, 4.69) is 0 Å². The maximum absolute atomic E-state index is 10.5. The van der Waals surface area contributed by atoms with Crippen LogP contribution in [0.2, 0.25) is 0 Å². The lowest BCUT2D eigenvalue weighted by atomic mass is 10.1. The first-order valence-corrected chi connectivity index (χ1v) is 4.32. The monoisotopic (exact) mass is 180 g/mol. The molecule has 3 heteroatoms. The van der Waals surface area contributed by atoms with Crippen LogP contribution in [0.4, 0.5) is 5.69 Å². The SMILES string of the molecule is CC.NC(=O)Cc1ccccc1N. The summed E-state index contributed by atoms with van der Waals surface area (Å²) in [5.74, 6) is -0.358. The highest BCUT2D eigenvalue weighted by molar-refractivity contribution is 5.78. The molecule has 0 spiro atoms. The molecule has 0 unspecified atom stereocenters. The number of amides is 1. The highest BCUT2D eigenvalue weighted by Gasteiger charge is 2.00. The second-order valence-corrected chi connectivity index (χ2v) is 2.34. The predicted octanol–water partition coefficient (Wildman–Crippen LogP) is 1.32. The standard InChI is InChI=1S/C8H10N2O.C2H6/c9-7-4-2-1-3-6(7)5-8(10)11;1-2/h1-4H,5,9H2,(H2,10,11);1-2H3. The van der Waals surface area contributed by atoms with Crippen LogP contribution in [0.3, 0.4) is 0 Å². The smallest absolute Gasteiger partial charge is 0.221 e. The van der Waals surface area contributed by atoms with Crippen molar-refractivity contribution in [3.8, 4) is 0 Å². The minimum atomic E-state index is -0.358. The van der Waals surface area contributed by atoms with Crippen molar-refractivity contribution in [3.63, 3.8) is 0 Å². The molecular weight excluding hydrogens is 164 g/mol. The number of anilines is 1. The Labute approximate surface area is 78.7 Å². The summed E-state index contributed by atoms with van der Waals surface area (Å²) in [6.07, 6.45) is 0.215. The topological polar surface area (TPSA) is 69.1 Å². The number of hydrogen-bond acceptors (Lipinski definition) is 2. The van der Waals surface area contributed by atoms with E-state index < -0.39 is 0 Å². The van der Waals surface area contributed by atoms with Crippen LogP contribution >= 0.6 is 0 Å². The van der Waals surface area contributed by atoms with E-state index in [0.717, 1.165) is 5.56 Å². The Morgan fingerprint density at radius 1 is 1.31 bits per heavy atom. The molecule has 3 nitrogen and oxygen atoms in total. The van der Waals surface area contributed by atoms with Gasteiger partial charge in [-0.3, -0.25) is 4.79 Å². The molecule has 0 aliphatic heterocycles. The lowest BCUT2D eigenvalue weighted by Gasteiger charge is -2.00. The number of benzene rings is 1. The lowest BCUT2D eigenvalue weighted by Crippen LogP contribution is -2.14. The third-order valence-corrected chi connectivity index (χ3v) is 1.42. The van der Waals surface area contributed by atoms with Crippen molar-refractivity contribution in [1.82, 2.24) is 0 Å². The van der Waals surface area contributed by atoms with Gasteiger partial charge in [0, 0.05) is 5.69 Å². The van der Waals surface area contributed by atoms with Gasteiger partial charge >= 0.3 is 0 Å². The summed E-state index contributed by atoms with van der Waals surface area (Å²) >= 11 is 0. The van der Waals surface area contributed by atoms with Gasteiger partial charge in [0.1, 0.15) is 0 Å². The fraction of sp³-hybridized carbons (Fsp3) is 0.300. The van der Waals surface area contributed by atoms with Gasteiger partial charge in [0.2, 0.25) is 5.91 Å². The van der Waals surface area contributed by atoms with E-state index in [-0.39, 0.29) is 12.3 Å². The van der Waals surface area contributed by atoms with Crippen LogP contribution in [0.1, 0.15) is 19.4 Å². The van der Waals surface area contributed by atoms with Gasteiger partial charge < -0.3 is 11.5 Å². The highest BCUT2D eigenvalue weighted by Crippen LogP contribution is 2.09. The van der Waals surface area contributed by atoms with Gasteiger partial charge in [-0.15, -0.1) is 0 Å². The maximum atomic E-state index is 10.5. The van der Waals surface area contributed by atoms with E-state index in [1.54, 1.807) is 12.1 Å². The normalized spacial score (nSPS) is 8.46. The second kappa shape index (κ2) is 6.06. The van der Waals surface area contributed by atoms with Crippen molar-refractivity contribution in [1.29, 1.82) is 0 Å². The predicted molar refractivity (Wildman–Crippen MR) is 55.1 cm³/mol. The van der Waals surface area contributed by atoms with Crippen LogP contribution in [0, 0.1) is 0 Å². The lowest BCUT2D eigenvalue weighted by molar-refractivity contribution is -0.117. The van der Waals surface area contributed by atoms with Gasteiger partial charge in [-0.2, -0.15) is 0 Å². The number of nitrogens with two attached hydrogens (primary N) is 2. The van der Waals surface area contributed by atoms with E-state index in [0.29, 0.717) is 5.69 Å². The first-order valence-electron chi connectivity index (χ1n) is 4.32. The number of nitrogen functional groups attached to an aromatic ring is 1. The summed E-state index contributed by atoms with van der Waals surface area (Å²) in [5.41, 5.74) is 12.0. The van der Waals surface area contributed by atoms with Crippen LogP contribution in [-0.2, 0) is 11.2 Å². The molecule has 0 heterocycles. The Morgan fingerprint density at radius 3 is 2.31 bits per heavy atom. The Kier molecular flexibility index (Phi) is 5.35. The third-order valence-electron chi connectivity index (χ3n) is 1.42. The molecule has 72 valence electrons. The summed E-state index contributed by atoms with van der Waals surface area (Å²) in [6, 6.07) is 7.19. The molecule has 0 bridgehead atoms. The van der Waals surface area contributed by atoms with Crippen LogP contribution in [-0.4, -0.2) is 5.91 Å². The molecule has 1 aromatic rings. The molecule has 1 aromatic carbocycles. The average molecular weight is 180 g/mol. The molecule has 4 N–H and O–H groups in total. The molecule has 0 atom stereocenters. The average Bonchev–Trinajstić information content (AvgIpc) is 2.12. The van der Waals surface area contributed by atoms with Crippen molar-refractivity contribution in [3.05, 3.63) is 29.8 Å². The van der Waals surface area contributed by atoms with Crippen LogP contribution in [0.15, 0.2) is 24.3 Å². The van der Waals surface area contributed by atoms with Crippen LogP contribution < -0.4 is 11.5 Å². The Balaban J connectivity index is 0.000000671. The minimum Gasteiger partial charge on any atom is -0.398 e. The molecule has 1 rings (SSSR count). The molecule has 13 heavy (non-hydrogen) atoms. The van der Waals surface area contributed by atoms with Gasteiger partial charge in [-0.05, 0) is 11.6 Å². The maximum Gasteiger partial charge on any atom is 0.221 e. The number of para-hydroxylation sites is 1. The Hall–Kier alpha value is -1.51. The summed E-state index contributed by atoms with van der Waals surface area (Å²) in [5, 5.41) is 0. The first kappa shape index (κ1) is 11.5. The third kappa shape index (κ3) is 4.15. The molecule has 0 aliphatic carbocycles. The summed E-state index contributed by atoms with van der Waals surface area (Å²) in [7, 11) is 0. The van der Waals surface area contributed by atoms with E-state index in [1.807, 2.05) is 26.0 Å². The van der Waals surface area contributed by atoms with Crippen LogP contribution in [0.5, 0.6) is 0 Å². The highest BCUT2D eigenvalue weighted by atomic mass is 16.1. The van der Waals surface area contributed by atoms with Crippen molar-refractivity contribution < 1.29 is 4.79 Å². The van der Waals surface area contributed by atoms with Gasteiger partial charge in [0.05, 0.1) is 6.42 Å². The minimum absolute atomic E-state index is 0.215. The van der Waals surface area contributed by atoms with E-state index in [1.165, 1.54) is 0 Å². The van der Waals surface area contributed by atoms with Gasteiger partial charge in [0.25, 0.3) is 0 Å². The number of carbonyl (C=O) groups is 1. The van der Waals surface area contributed by atoms with Crippen molar-refractivity contribution >= 4 is 11.6 Å².